The number of Topliss-reactive ketones (excluding diaryl/α,β-unsaturated/α-hetero) is 1. The minimum Gasteiger partial charge on any atom is -0.456 e. The van der Waals surface area contributed by atoms with Crippen LogP contribution in [0.2, 0.25) is 0 Å². The average molecular weight is 426 g/mol. The summed E-state index contributed by atoms with van der Waals surface area (Å²) >= 11 is 1.20. The summed E-state index contributed by atoms with van der Waals surface area (Å²) in [5.41, 5.74) is 2.90. The maximum absolute atomic E-state index is 13.0. The zero-order chi connectivity index (χ0) is 21.5. The van der Waals surface area contributed by atoms with Gasteiger partial charge in [0, 0.05) is 22.9 Å². The van der Waals surface area contributed by atoms with Crippen molar-refractivity contribution >= 4 is 34.1 Å². The number of aromatic nitrogens is 1. The van der Waals surface area contributed by atoms with Crippen LogP contribution in [0, 0.1) is 12.7 Å². The lowest BCUT2D eigenvalue weighted by molar-refractivity contribution is -0.147. The van der Waals surface area contributed by atoms with E-state index in [0.717, 1.165) is 11.1 Å². The molecule has 1 heterocycles. The Labute approximate surface area is 176 Å². The fourth-order valence-corrected chi connectivity index (χ4v) is 3.29. The van der Waals surface area contributed by atoms with Gasteiger partial charge in [0.2, 0.25) is 0 Å². The minimum atomic E-state index is -0.628. The summed E-state index contributed by atoms with van der Waals surface area (Å²) in [5, 5.41) is 4.61. The van der Waals surface area contributed by atoms with Crippen molar-refractivity contribution in [3.05, 3.63) is 70.9 Å². The number of halogens is 1. The van der Waals surface area contributed by atoms with Crippen molar-refractivity contribution in [3.8, 4) is 11.3 Å². The largest absolute Gasteiger partial charge is 0.456 e. The van der Waals surface area contributed by atoms with Crippen molar-refractivity contribution in [3.63, 3.8) is 0 Å². The summed E-state index contributed by atoms with van der Waals surface area (Å²) in [6.07, 6.45) is -0.0943. The lowest BCUT2D eigenvalue weighted by Crippen LogP contribution is -2.21. The predicted octanol–water partition coefficient (Wildman–Crippen LogP) is 4.40. The Hall–Kier alpha value is -3.39. The number of hydrogen-bond donors (Lipinski definition) is 1. The van der Waals surface area contributed by atoms with Gasteiger partial charge in [-0.3, -0.25) is 19.7 Å². The van der Waals surface area contributed by atoms with Crippen molar-refractivity contribution in [2.24, 2.45) is 0 Å². The molecule has 0 bridgehead atoms. The first-order chi connectivity index (χ1) is 14.4. The van der Waals surface area contributed by atoms with Gasteiger partial charge in [-0.2, -0.15) is 0 Å². The van der Waals surface area contributed by atoms with E-state index in [1.54, 1.807) is 29.6 Å². The molecular formula is C22H19FN2O4S. The van der Waals surface area contributed by atoms with Gasteiger partial charge in [-0.1, -0.05) is 29.8 Å². The first kappa shape index (κ1) is 21.3. The second kappa shape index (κ2) is 9.89. The maximum Gasteiger partial charge on any atom is 0.306 e. The Morgan fingerprint density at radius 1 is 1.03 bits per heavy atom. The Morgan fingerprint density at radius 3 is 2.43 bits per heavy atom. The van der Waals surface area contributed by atoms with Gasteiger partial charge < -0.3 is 4.74 Å². The smallest absolute Gasteiger partial charge is 0.306 e. The maximum atomic E-state index is 13.0. The van der Waals surface area contributed by atoms with Gasteiger partial charge in [0.1, 0.15) is 5.82 Å². The molecule has 1 amide bonds. The Balaban J connectivity index is 1.42. The summed E-state index contributed by atoms with van der Waals surface area (Å²) < 4.78 is 17.9. The lowest BCUT2D eigenvalue weighted by Gasteiger charge is -2.05. The molecule has 8 heteroatoms. The number of thiazole rings is 1. The van der Waals surface area contributed by atoms with Crippen molar-refractivity contribution in [2.45, 2.75) is 19.8 Å². The summed E-state index contributed by atoms with van der Waals surface area (Å²) in [7, 11) is 0. The number of ether oxygens (including phenoxy) is 1. The second-order valence-electron chi connectivity index (χ2n) is 6.54. The molecule has 0 atom stereocenters. The summed E-state index contributed by atoms with van der Waals surface area (Å²) in [4.78, 5) is 40.1. The van der Waals surface area contributed by atoms with Crippen molar-refractivity contribution in [1.29, 1.82) is 0 Å². The van der Waals surface area contributed by atoms with Crippen LogP contribution in [0.25, 0.3) is 11.3 Å². The van der Waals surface area contributed by atoms with Crippen LogP contribution < -0.4 is 5.32 Å². The van der Waals surface area contributed by atoms with Crippen LogP contribution in [0.5, 0.6) is 0 Å². The summed E-state index contributed by atoms with van der Waals surface area (Å²) in [5.74, 6) is -1.66. The fourth-order valence-electron chi connectivity index (χ4n) is 2.56. The number of esters is 1. The lowest BCUT2D eigenvalue weighted by atomic mass is 10.1. The molecule has 0 aliphatic carbocycles. The highest BCUT2D eigenvalue weighted by Gasteiger charge is 2.13. The van der Waals surface area contributed by atoms with E-state index in [1.807, 2.05) is 19.1 Å². The molecule has 3 aromatic rings. The van der Waals surface area contributed by atoms with Crippen LogP contribution in [-0.2, 0) is 14.3 Å². The highest BCUT2D eigenvalue weighted by molar-refractivity contribution is 7.14. The van der Waals surface area contributed by atoms with E-state index in [-0.39, 0.29) is 24.4 Å². The van der Waals surface area contributed by atoms with Crippen LogP contribution in [0.4, 0.5) is 9.52 Å². The molecule has 154 valence electrons. The molecule has 6 nitrogen and oxygen atoms in total. The summed E-state index contributed by atoms with van der Waals surface area (Å²) in [6, 6.07) is 12.9. The van der Waals surface area contributed by atoms with E-state index < -0.39 is 18.5 Å². The molecule has 0 spiro atoms. The minimum absolute atomic E-state index is 0.0109. The first-order valence-electron chi connectivity index (χ1n) is 9.17. The van der Waals surface area contributed by atoms with E-state index in [4.69, 9.17) is 4.74 Å². The van der Waals surface area contributed by atoms with Crippen LogP contribution in [0.3, 0.4) is 0 Å². The molecule has 1 aromatic heterocycles. The third-order valence-corrected chi connectivity index (χ3v) is 4.94. The number of ketones is 1. The van der Waals surface area contributed by atoms with Crippen LogP contribution in [0.1, 0.15) is 28.8 Å². The number of hydrogen-bond acceptors (Lipinski definition) is 6. The number of benzene rings is 2. The molecule has 0 aliphatic rings. The van der Waals surface area contributed by atoms with Crippen molar-refractivity contribution < 1.29 is 23.5 Å². The van der Waals surface area contributed by atoms with Crippen LogP contribution in [0.15, 0.2) is 53.9 Å². The fraction of sp³-hybridized carbons (Fsp3) is 0.182. The number of rotatable bonds is 8. The second-order valence-corrected chi connectivity index (χ2v) is 7.40. The van der Waals surface area contributed by atoms with Gasteiger partial charge in [-0.05, 0) is 31.2 Å². The zero-order valence-electron chi connectivity index (χ0n) is 16.2. The average Bonchev–Trinajstić information content (AvgIpc) is 3.20. The van der Waals surface area contributed by atoms with Crippen molar-refractivity contribution in [1.82, 2.24) is 4.98 Å². The van der Waals surface area contributed by atoms with E-state index in [2.05, 4.69) is 10.3 Å². The first-order valence-corrected chi connectivity index (χ1v) is 10.1. The molecule has 30 heavy (non-hydrogen) atoms. The highest BCUT2D eigenvalue weighted by Crippen LogP contribution is 2.25. The van der Waals surface area contributed by atoms with Crippen molar-refractivity contribution in [2.75, 3.05) is 11.9 Å². The standard InChI is InChI=1S/C22H19FN2O4S/c1-14-2-4-16(5-3-14)19(26)10-11-21(28)29-12-20(27)25-22-24-18(13-30-22)15-6-8-17(23)9-7-15/h2-9,13H,10-12H2,1H3,(H,24,25,27). The molecule has 0 saturated carbocycles. The molecule has 0 aliphatic heterocycles. The number of carbonyl (C=O) groups is 3. The number of nitrogens with zero attached hydrogens (tertiary/aromatic N) is 1. The van der Waals surface area contributed by atoms with E-state index in [0.29, 0.717) is 16.4 Å². The molecular weight excluding hydrogens is 407 g/mol. The third-order valence-electron chi connectivity index (χ3n) is 4.18. The number of nitrogens with one attached hydrogen (secondary N) is 1. The predicted molar refractivity (Wildman–Crippen MR) is 112 cm³/mol. The van der Waals surface area contributed by atoms with Crippen LogP contribution in [-0.4, -0.2) is 29.3 Å². The van der Waals surface area contributed by atoms with E-state index in [1.165, 1.54) is 23.5 Å². The molecule has 0 fully saturated rings. The van der Waals surface area contributed by atoms with Gasteiger partial charge >= 0.3 is 5.97 Å². The topological polar surface area (TPSA) is 85.4 Å². The van der Waals surface area contributed by atoms with Gasteiger partial charge in [0.25, 0.3) is 5.91 Å². The molecule has 3 rings (SSSR count). The molecule has 1 N–H and O–H groups in total. The monoisotopic (exact) mass is 426 g/mol. The molecule has 0 saturated heterocycles. The molecule has 0 unspecified atom stereocenters. The Kier molecular flexibility index (Phi) is 7.03. The highest BCUT2D eigenvalue weighted by atomic mass is 32.1. The number of carbonyl (C=O) groups excluding carboxylic acids is 3. The van der Waals surface area contributed by atoms with E-state index >= 15 is 0 Å². The quantitative estimate of drug-likeness (QED) is 0.426. The SMILES string of the molecule is Cc1ccc(C(=O)CCC(=O)OCC(=O)Nc2nc(-c3ccc(F)cc3)cs2)cc1. The number of amides is 1. The van der Waals surface area contributed by atoms with Gasteiger partial charge in [-0.25, -0.2) is 9.37 Å². The number of anilines is 1. The van der Waals surface area contributed by atoms with Gasteiger partial charge in [-0.15, -0.1) is 11.3 Å². The number of aryl methyl sites for hydroxylation is 1. The van der Waals surface area contributed by atoms with Crippen LogP contribution >= 0.6 is 11.3 Å². The van der Waals surface area contributed by atoms with Gasteiger partial charge in [0.05, 0.1) is 12.1 Å². The van der Waals surface area contributed by atoms with Gasteiger partial charge in [0.15, 0.2) is 17.5 Å². The van der Waals surface area contributed by atoms with E-state index in [9.17, 15) is 18.8 Å². The molecule has 0 radical (unpaired) electrons. The third kappa shape index (κ3) is 6.05. The normalized spacial score (nSPS) is 10.5. The summed E-state index contributed by atoms with van der Waals surface area (Å²) in [6.45, 7) is 1.45. The Bertz CT molecular complexity index is 1050. The Morgan fingerprint density at radius 2 is 1.73 bits per heavy atom. The molecule has 2 aromatic carbocycles. The zero-order valence-corrected chi connectivity index (χ0v) is 17.0.